The maximum atomic E-state index is 13.1. The number of carbonyl (C=O) groups is 1. The largest absolute Gasteiger partial charge is 0.508 e. The molecule has 20 heavy (non-hydrogen) atoms. The van der Waals surface area contributed by atoms with Gasteiger partial charge in [0.2, 0.25) is 0 Å². The molecule has 0 aliphatic heterocycles. The van der Waals surface area contributed by atoms with Crippen molar-refractivity contribution >= 4 is 17.5 Å². The summed E-state index contributed by atoms with van der Waals surface area (Å²) < 4.78 is 13.1. The van der Waals surface area contributed by atoms with Gasteiger partial charge in [-0.1, -0.05) is 29.8 Å². The van der Waals surface area contributed by atoms with E-state index < -0.39 is 11.7 Å². The molecule has 0 bridgehead atoms. The zero-order chi connectivity index (χ0) is 14.7. The molecule has 1 aromatic heterocycles. The van der Waals surface area contributed by atoms with E-state index in [0.717, 1.165) is 12.3 Å². The Labute approximate surface area is 120 Å². The van der Waals surface area contributed by atoms with Crippen molar-refractivity contribution in [3.8, 4) is 5.75 Å². The van der Waals surface area contributed by atoms with Crippen LogP contribution in [-0.4, -0.2) is 27.9 Å². The van der Waals surface area contributed by atoms with Crippen molar-refractivity contribution in [3.05, 3.63) is 58.6 Å². The standard InChI is InChI=1S/C14H12ClFN2O2/c1-18(8-9-4-2-3-5-12(9)19)14(20)11-6-10(16)7-17-13(11)15/h2-7,19H,8H2,1H3. The first kappa shape index (κ1) is 14.3. The van der Waals surface area contributed by atoms with Crippen molar-refractivity contribution in [1.82, 2.24) is 9.88 Å². The molecule has 2 rings (SSSR count). The van der Waals surface area contributed by atoms with Crippen molar-refractivity contribution < 1.29 is 14.3 Å². The highest BCUT2D eigenvalue weighted by Gasteiger charge is 2.18. The molecule has 1 heterocycles. The lowest BCUT2D eigenvalue weighted by Crippen LogP contribution is -2.26. The number of hydrogen-bond acceptors (Lipinski definition) is 3. The summed E-state index contributed by atoms with van der Waals surface area (Å²) in [5.41, 5.74) is 0.577. The molecule has 0 fully saturated rings. The van der Waals surface area contributed by atoms with Gasteiger partial charge in [-0.05, 0) is 12.1 Å². The van der Waals surface area contributed by atoms with Crippen LogP contribution in [0.4, 0.5) is 4.39 Å². The zero-order valence-electron chi connectivity index (χ0n) is 10.7. The molecule has 0 aliphatic carbocycles. The average Bonchev–Trinajstić information content (AvgIpc) is 2.43. The summed E-state index contributed by atoms with van der Waals surface area (Å²) in [6.45, 7) is 0.179. The van der Waals surface area contributed by atoms with E-state index in [9.17, 15) is 14.3 Å². The Morgan fingerprint density at radius 3 is 2.85 bits per heavy atom. The van der Waals surface area contributed by atoms with Crippen molar-refractivity contribution in [1.29, 1.82) is 0 Å². The molecule has 0 aliphatic rings. The Bertz CT molecular complexity index is 649. The number of pyridine rings is 1. The fraction of sp³-hybridized carbons (Fsp3) is 0.143. The summed E-state index contributed by atoms with van der Waals surface area (Å²) in [4.78, 5) is 17.1. The van der Waals surface area contributed by atoms with Crippen molar-refractivity contribution in [2.75, 3.05) is 7.05 Å². The highest BCUT2D eigenvalue weighted by molar-refractivity contribution is 6.32. The van der Waals surface area contributed by atoms with E-state index >= 15 is 0 Å². The van der Waals surface area contributed by atoms with E-state index in [0.29, 0.717) is 5.56 Å². The van der Waals surface area contributed by atoms with Gasteiger partial charge in [0.1, 0.15) is 16.7 Å². The van der Waals surface area contributed by atoms with Crippen LogP contribution in [-0.2, 0) is 6.54 Å². The Kier molecular flexibility index (Phi) is 4.20. The summed E-state index contributed by atoms with van der Waals surface area (Å²) in [7, 11) is 1.54. The minimum atomic E-state index is -0.631. The van der Waals surface area contributed by atoms with Crippen molar-refractivity contribution in [2.24, 2.45) is 0 Å². The molecule has 1 amide bonds. The van der Waals surface area contributed by atoms with Gasteiger partial charge in [0.25, 0.3) is 5.91 Å². The number of benzene rings is 1. The van der Waals surface area contributed by atoms with Crippen LogP contribution >= 0.6 is 11.6 Å². The molecule has 4 nitrogen and oxygen atoms in total. The van der Waals surface area contributed by atoms with Gasteiger partial charge in [0.05, 0.1) is 11.8 Å². The van der Waals surface area contributed by atoms with Gasteiger partial charge in [-0.3, -0.25) is 4.79 Å². The second-order valence-electron chi connectivity index (χ2n) is 4.28. The van der Waals surface area contributed by atoms with Gasteiger partial charge in [-0.2, -0.15) is 0 Å². The summed E-state index contributed by atoms with van der Waals surface area (Å²) in [6, 6.07) is 7.71. The SMILES string of the molecule is CN(Cc1ccccc1O)C(=O)c1cc(F)cnc1Cl. The van der Waals surface area contributed by atoms with E-state index in [2.05, 4.69) is 4.98 Å². The van der Waals surface area contributed by atoms with E-state index in [1.54, 1.807) is 18.2 Å². The number of halogens is 2. The summed E-state index contributed by atoms with van der Waals surface area (Å²) in [5.74, 6) is -1.01. The summed E-state index contributed by atoms with van der Waals surface area (Å²) >= 11 is 5.79. The van der Waals surface area contributed by atoms with Crippen LogP contribution in [0.5, 0.6) is 5.75 Å². The smallest absolute Gasteiger partial charge is 0.257 e. The van der Waals surface area contributed by atoms with Gasteiger partial charge in [0, 0.05) is 19.2 Å². The molecule has 6 heteroatoms. The number of para-hydroxylation sites is 1. The topological polar surface area (TPSA) is 53.4 Å². The Hall–Kier alpha value is -2.14. The van der Waals surface area contributed by atoms with Crippen LogP contribution in [0.25, 0.3) is 0 Å². The second kappa shape index (κ2) is 5.88. The minimum Gasteiger partial charge on any atom is -0.508 e. The molecule has 2 aromatic rings. The highest BCUT2D eigenvalue weighted by Crippen LogP contribution is 2.20. The number of hydrogen-bond donors (Lipinski definition) is 1. The quantitative estimate of drug-likeness (QED) is 0.886. The first-order valence-electron chi connectivity index (χ1n) is 5.82. The third kappa shape index (κ3) is 3.05. The van der Waals surface area contributed by atoms with Gasteiger partial charge in [-0.15, -0.1) is 0 Å². The molecule has 104 valence electrons. The van der Waals surface area contributed by atoms with Gasteiger partial charge < -0.3 is 10.0 Å². The highest BCUT2D eigenvalue weighted by atomic mass is 35.5. The van der Waals surface area contributed by atoms with Gasteiger partial charge in [-0.25, -0.2) is 9.37 Å². The average molecular weight is 295 g/mol. The Morgan fingerprint density at radius 2 is 2.15 bits per heavy atom. The predicted octanol–water partition coefficient (Wildman–Crippen LogP) is 2.85. The van der Waals surface area contributed by atoms with E-state index in [-0.39, 0.29) is 23.0 Å². The van der Waals surface area contributed by atoms with Gasteiger partial charge in [0.15, 0.2) is 0 Å². The van der Waals surface area contributed by atoms with Crippen LogP contribution in [0.2, 0.25) is 5.15 Å². The first-order chi connectivity index (χ1) is 9.49. The van der Waals surface area contributed by atoms with Crippen molar-refractivity contribution in [2.45, 2.75) is 6.54 Å². The van der Waals surface area contributed by atoms with Crippen LogP contribution in [0.15, 0.2) is 36.5 Å². The third-order valence-electron chi connectivity index (χ3n) is 2.78. The number of aromatic hydroxyl groups is 1. The molecule has 0 atom stereocenters. The molecule has 0 spiro atoms. The zero-order valence-corrected chi connectivity index (χ0v) is 11.4. The summed E-state index contributed by atoms with van der Waals surface area (Å²) in [5, 5.41) is 9.62. The lowest BCUT2D eigenvalue weighted by atomic mass is 10.1. The van der Waals surface area contributed by atoms with Crippen LogP contribution in [0.1, 0.15) is 15.9 Å². The van der Waals surface area contributed by atoms with Gasteiger partial charge >= 0.3 is 0 Å². The number of carbonyl (C=O) groups excluding carboxylic acids is 1. The molecule has 0 unspecified atom stereocenters. The maximum absolute atomic E-state index is 13.1. The van der Waals surface area contributed by atoms with Crippen molar-refractivity contribution in [3.63, 3.8) is 0 Å². The maximum Gasteiger partial charge on any atom is 0.257 e. The number of rotatable bonds is 3. The lowest BCUT2D eigenvalue weighted by molar-refractivity contribution is 0.0783. The molecule has 0 saturated heterocycles. The minimum absolute atomic E-state index is 0.00964. The number of nitrogens with zero attached hydrogens (tertiary/aromatic N) is 2. The van der Waals surface area contributed by atoms with E-state index in [4.69, 9.17) is 11.6 Å². The van der Waals surface area contributed by atoms with Crippen LogP contribution in [0.3, 0.4) is 0 Å². The number of amides is 1. The normalized spacial score (nSPS) is 10.3. The number of aromatic nitrogens is 1. The number of phenols is 1. The molecule has 0 saturated carbocycles. The number of phenolic OH excluding ortho intramolecular Hbond substituents is 1. The first-order valence-corrected chi connectivity index (χ1v) is 6.20. The van der Waals surface area contributed by atoms with E-state index in [1.807, 2.05) is 0 Å². The molecule has 1 N–H and O–H groups in total. The van der Waals surface area contributed by atoms with Crippen LogP contribution in [0, 0.1) is 5.82 Å². The molecule has 0 radical (unpaired) electrons. The molecule has 1 aromatic carbocycles. The fourth-order valence-corrected chi connectivity index (χ4v) is 1.93. The second-order valence-corrected chi connectivity index (χ2v) is 4.64. The molecular weight excluding hydrogens is 283 g/mol. The lowest BCUT2D eigenvalue weighted by Gasteiger charge is -2.18. The predicted molar refractivity (Wildman–Crippen MR) is 73.1 cm³/mol. The fourth-order valence-electron chi connectivity index (χ4n) is 1.75. The van der Waals surface area contributed by atoms with E-state index in [1.165, 1.54) is 18.0 Å². The third-order valence-corrected chi connectivity index (χ3v) is 3.08. The molecular formula is C14H12ClFN2O2. The Morgan fingerprint density at radius 1 is 1.45 bits per heavy atom. The Balaban J connectivity index is 2.21. The summed E-state index contributed by atoms with van der Waals surface area (Å²) in [6.07, 6.45) is 0.947. The monoisotopic (exact) mass is 294 g/mol. The van der Waals surface area contributed by atoms with Crippen LogP contribution < -0.4 is 0 Å².